The molecule has 0 aromatic heterocycles. The van der Waals surface area contributed by atoms with Crippen molar-refractivity contribution in [1.82, 2.24) is 0 Å². The SMILES string of the molecule is CCOc1ccccc1/C=C(/C=O)C(C)C. The third kappa shape index (κ3) is 3.23. The Labute approximate surface area is 96.9 Å². The summed E-state index contributed by atoms with van der Waals surface area (Å²) in [4.78, 5) is 10.9. The van der Waals surface area contributed by atoms with Gasteiger partial charge in [0.1, 0.15) is 12.0 Å². The number of benzene rings is 1. The van der Waals surface area contributed by atoms with Crippen LogP contribution in [0.1, 0.15) is 26.3 Å². The van der Waals surface area contributed by atoms with Gasteiger partial charge in [0.15, 0.2) is 0 Å². The van der Waals surface area contributed by atoms with Crippen molar-refractivity contribution in [3.05, 3.63) is 35.4 Å². The summed E-state index contributed by atoms with van der Waals surface area (Å²) in [5, 5.41) is 0. The maximum absolute atomic E-state index is 10.9. The van der Waals surface area contributed by atoms with E-state index in [1.807, 2.05) is 51.1 Å². The van der Waals surface area contributed by atoms with Crippen molar-refractivity contribution in [3.63, 3.8) is 0 Å². The molecule has 0 heterocycles. The lowest BCUT2D eigenvalue weighted by Gasteiger charge is -2.08. The second-order valence-electron chi connectivity index (χ2n) is 3.89. The van der Waals surface area contributed by atoms with Gasteiger partial charge in [-0.25, -0.2) is 0 Å². The zero-order valence-corrected chi connectivity index (χ0v) is 10.1. The molecule has 0 aliphatic carbocycles. The predicted octanol–water partition coefficient (Wildman–Crippen LogP) is 3.32. The molecule has 1 aromatic carbocycles. The van der Waals surface area contributed by atoms with Crippen LogP contribution in [0.4, 0.5) is 0 Å². The fourth-order valence-electron chi connectivity index (χ4n) is 1.40. The summed E-state index contributed by atoms with van der Waals surface area (Å²) in [6, 6.07) is 7.74. The highest BCUT2D eigenvalue weighted by Crippen LogP contribution is 2.22. The van der Waals surface area contributed by atoms with Gasteiger partial charge in [-0.2, -0.15) is 0 Å². The Bertz CT molecular complexity index is 378. The van der Waals surface area contributed by atoms with Crippen molar-refractivity contribution in [2.45, 2.75) is 20.8 Å². The van der Waals surface area contributed by atoms with Crippen LogP contribution in [0.3, 0.4) is 0 Å². The van der Waals surface area contributed by atoms with Crippen LogP contribution in [0, 0.1) is 5.92 Å². The van der Waals surface area contributed by atoms with Crippen LogP contribution >= 0.6 is 0 Å². The molecule has 0 saturated carbocycles. The fourth-order valence-corrected chi connectivity index (χ4v) is 1.40. The highest BCUT2D eigenvalue weighted by atomic mass is 16.5. The lowest BCUT2D eigenvalue weighted by Crippen LogP contribution is -1.97. The van der Waals surface area contributed by atoms with E-state index in [0.29, 0.717) is 6.61 Å². The molecule has 1 rings (SSSR count). The quantitative estimate of drug-likeness (QED) is 0.559. The van der Waals surface area contributed by atoms with Crippen LogP contribution in [0.2, 0.25) is 0 Å². The fraction of sp³-hybridized carbons (Fsp3) is 0.357. The Morgan fingerprint density at radius 1 is 1.38 bits per heavy atom. The standard InChI is InChI=1S/C14H18O2/c1-4-16-14-8-6-5-7-12(14)9-13(10-15)11(2)3/h5-11H,4H2,1-3H3/b13-9-. The highest BCUT2D eigenvalue weighted by molar-refractivity contribution is 5.83. The van der Waals surface area contributed by atoms with Gasteiger partial charge in [-0.05, 0) is 30.6 Å². The summed E-state index contributed by atoms with van der Waals surface area (Å²) in [7, 11) is 0. The first-order chi connectivity index (χ1) is 7.69. The van der Waals surface area contributed by atoms with Crippen LogP contribution in [0.5, 0.6) is 5.75 Å². The molecule has 0 atom stereocenters. The monoisotopic (exact) mass is 218 g/mol. The molecule has 0 saturated heterocycles. The first-order valence-electron chi connectivity index (χ1n) is 5.57. The Kier molecular flexibility index (Phi) is 4.77. The van der Waals surface area contributed by atoms with E-state index < -0.39 is 0 Å². The van der Waals surface area contributed by atoms with E-state index in [1.165, 1.54) is 0 Å². The first-order valence-corrected chi connectivity index (χ1v) is 5.57. The second-order valence-corrected chi connectivity index (χ2v) is 3.89. The molecule has 16 heavy (non-hydrogen) atoms. The minimum Gasteiger partial charge on any atom is -0.493 e. The number of aldehydes is 1. The summed E-state index contributed by atoms with van der Waals surface area (Å²) in [5.41, 5.74) is 1.74. The van der Waals surface area contributed by atoms with E-state index in [2.05, 4.69) is 0 Å². The van der Waals surface area contributed by atoms with Gasteiger partial charge in [0.2, 0.25) is 0 Å². The van der Waals surface area contributed by atoms with E-state index >= 15 is 0 Å². The molecule has 0 spiro atoms. The molecule has 2 nitrogen and oxygen atoms in total. The van der Waals surface area contributed by atoms with Crippen LogP contribution in [0.25, 0.3) is 6.08 Å². The summed E-state index contributed by atoms with van der Waals surface area (Å²) in [5.74, 6) is 1.05. The van der Waals surface area contributed by atoms with Gasteiger partial charge in [-0.1, -0.05) is 32.0 Å². The molecule has 0 bridgehead atoms. The van der Waals surface area contributed by atoms with Gasteiger partial charge >= 0.3 is 0 Å². The second kappa shape index (κ2) is 6.11. The molecular formula is C14H18O2. The first kappa shape index (κ1) is 12.5. The lowest BCUT2D eigenvalue weighted by atomic mass is 10.0. The maximum Gasteiger partial charge on any atom is 0.146 e. The Morgan fingerprint density at radius 3 is 2.62 bits per heavy atom. The minimum absolute atomic E-state index is 0.229. The third-order valence-electron chi connectivity index (χ3n) is 2.34. The van der Waals surface area contributed by atoms with E-state index in [4.69, 9.17) is 4.74 Å². The van der Waals surface area contributed by atoms with Crippen LogP contribution in [-0.2, 0) is 4.79 Å². The minimum atomic E-state index is 0.229. The van der Waals surface area contributed by atoms with E-state index in [9.17, 15) is 4.79 Å². The summed E-state index contributed by atoms with van der Waals surface area (Å²) in [6.45, 7) is 6.58. The Morgan fingerprint density at radius 2 is 2.06 bits per heavy atom. The van der Waals surface area contributed by atoms with E-state index in [-0.39, 0.29) is 5.92 Å². The molecule has 86 valence electrons. The molecule has 2 heteroatoms. The number of ether oxygens (including phenoxy) is 1. The topological polar surface area (TPSA) is 26.3 Å². The Balaban J connectivity index is 3.07. The average Bonchev–Trinajstić information content (AvgIpc) is 2.27. The molecule has 0 aliphatic heterocycles. The molecule has 0 aliphatic rings. The van der Waals surface area contributed by atoms with Crippen LogP contribution in [-0.4, -0.2) is 12.9 Å². The third-order valence-corrected chi connectivity index (χ3v) is 2.34. The number of carbonyl (C=O) groups excluding carboxylic acids is 1. The summed E-state index contributed by atoms with van der Waals surface area (Å²) < 4.78 is 5.50. The van der Waals surface area contributed by atoms with Gasteiger partial charge in [0.05, 0.1) is 6.61 Å². The van der Waals surface area contributed by atoms with Crippen LogP contribution < -0.4 is 4.74 Å². The van der Waals surface area contributed by atoms with Crippen molar-refractivity contribution in [2.75, 3.05) is 6.61 Å². The number of para-hydroxylation sites is 1. The highest BCUT2D eigenvalue weighted by Gasteiger charge is 2.04. The largest absolute Gasteiger partial charge is 0.493 e. The normalized spacial score (nSPS) is 11.6. The molecule has 0 fully saturated rings. The number of hydrogen-bond acceptors (Lipinski definition) is 2. The zero-order valence-electron chi connectivity index (χ0n) is 10.1. The van der Waals surface area contributed by atoms with Crippen molar-refractivity contribution < 1.29 is 9.53 Å². The zero-order chi connectivity index (χ0) is 12.0. The molecule has 0 N–H and O–H groups in total. The number of hydrogen-bond donors (Lipinski definition) is 0. The van der Waals surface area contributed by atoms with Gasteiger partial charge < -0.3 is 4.74 Å². The molecule has 0 amide bonds. The van der Waals surface area contributed by atoms with E-state index in [0.717, 1.165) is 23.2 Å². The van der Waals surface area contributed by atoms with Gasteiger partial charge in [-0.3, -0.25) is 4.79 Å². The van der Waals surface area contributed by atoms with Gasteiger partial charge in [0, 0.05) is 5.56 Å². The number of rotatable bonds is 5. The lowest BCUT2D eigenvalue weighted by molar-refractivity contribution is -0.105. The van der Waals surface area contributed by atoms with Crippen molar-refractivity contribution in [3.8, 4) is 5.75 Å². The van der Waals surface area contributed by atoms with Crippen LogP contribution in [0.15, 0.2) is 29.8 Å². The summed E-state index contributed by atoms with van der Waals surface area (Å²) in [6.07, 6.45) is 2.80. The van der Waals surface area contributed by atoms with Crippen molar-refractivity contribution in [2.24, 2.45) is 5.92 Å². The molecular weight excluding hydrogens is 200 g/mol. The van der Waals surface area contributed by atoms with Crippen molar-refractivity contribution >= 4 is 12.4 Å². The summed E-state index contributed by atoms with van der Waals surface area (Å²) >= 11 is 0. The number of allylic oxidation sites excluding steroid dienone is 1. The van der Waals surface area contributed by atoms with Crippen molar-refractivity contribution in [1.29, 1.82) is 0 Å². The Hall–Kier alpha value is -1.57. The van der Waals surface area contributed by atoms with Gasteiger partial charge in [-0.15, -0.1) is 0 Å². The van der Waals surface area contributed by atoms with Gasteiger partial charge in [0.25, 0.3) is 0 Å². The molecule has 1 aromatic rings. The molecule has 0 unspecified atom stereocenters. The van der Waals surface area contributed by atoms with E-state index in [1.54, 1.807) is 0 Å². The smallest absolute Gasteiger partial charge is 0.146 e. The maximum atomic E-state index is 10.9. The average molecular weight is 218 g/mol. The predicted molar refractivity (Wildman–Crippen MR) is 66.5 cm³/mol. The molecule has 0 radical (unpaired) electrons. The number of carbonyl (C=O) groups is 1.